The maximum absolute atomic E-state index is 13.8. The minimum absolute atomic E-state index is 0.0627. The largest absolute Gasteiger partial charge is 0.299 e. The van der Waals surface area contributed by atoms with Crippen molar-refractivity contribution in [2.45, 2.75) is 57.8 Å². The smallest absolute Gasteiger partial charge is 0.251 e. The number of carbonyl (C=O) groups is 1. The lowest BCUT2D eigenvalue weighted by atomic mass is 9.83. The van der Waals surface area contributed by atoms with Crippen molar-refractivity contribution in [2.24, 2.45) is 0 Å². The highest BCUT2D eigenvalue weighted by atomic mass is 19.1. The van der Waals surface area contributed by atoms with Crippen molar-refractivity contribution in [1.29, 1.82) is 0 Å². The van der Waals surface area contributed by atoms with Gasteiger partial charge in [-0.3, -0.25) is 19.3 Å². The Kier molecular flexibility index (Phi) is 5.06. The van der Waals surface area contributed by atoms with E-state index in [-0.39, 0.29) is 17.3 Å². The summed E-state index contributed by atoms with van der Waals surface area (Å²) in [6.07, 6.45) is 8.25. The molecule has 0 bridgehead atoms. The van der Waals surface area contributed by atoms with Gasteiger partial charge in [-0.1, -0.05) is 19.1 Å². The Morgan fingerprint density at radius 1 is 1.32 bits per heavy atom. The summed E-state index contributed by atoms with van der Waals surface area (Å²) < 4.78 is 15.9. The number of benzene rings is 1. The van der Waals surface area contributed by atoms with E-state index in [4.69, 9.17) is 0 Å². The Hall–Kier alpha value is -2.47. The normalized spacial score (nSPS) is 25.2. The van der Waals surface area contributed by atoms with Gasteiger partial charge in [-0.15, -0.1) is 0 Å². The second-order valence-electron chi connectivity index (χ2n) is 7.91. The first-order valence-electron chi connectivity index (χ1n) is 10.1. The number of aromatic nitrogens is 2. The number of carbonyl (C=O) groups excluding carboxylic acids is 1. The molecule has 1 saturated heterocycles. The average molecular weight is 382 g/mol. The lowest BCUT2D eigenvalue weighted by Gasteiger charge is -2.47. The number of nitrogens with zero attached hydrogens (tertiary/aromatic N) is 4. The van der Waals surface area contributed by atoms with Crippen LogP contribution in [-0.2, 0) is 17.9 Å². The summed E-state index contributed by atoms with van der Waals surface area (Å²) in [5, 5.41) is 4.43. The van der Waals surface area contributed by atoms with Gasteiger partial charge in [0.25, 0.3) is 5.91 Å². The maximum Gasteiger partial charge on any atom is 0.251 e. The molecule has 1 spiro atoms. The molecule has 1 aromatic heterocycles. The number of likely N-dealkylation sites (tertiary alicyclic amines) is 1. The third kappa shape index (κ3) is 3.37. The highest BCUT2D eigenvalue weighted by Gasteiger charge is 2.46. The molecule has 2 atom stereocenters. The predicted molar refractivity (Wildman–Crippen MR) is 107 cm³/mol. The maximum atomic E-state index is 13.8. The Balaban J connectivity index is 1.53. The Labute approximate surface area is 165 Å². The Morgan fingerprint density at radius 2 is 2.18 bits per heavy atom. The summed E-state index contributed by atoms with van der Waals surface area (Å²) in [4.78, 5) is 16.8. The SMILES string of the molecule is CCCn1nccc1CN1CC[C@@]2(C=CC(=O)N2c2cccc(F)c2)C[C@H]1C. The van der Waals surface area contributed by atoms with E-state index in [2.05, 4.69) is 34.6 Å². The fraction of sp³-hybridized carbons (Fsp3) is 0.455. The number of hydrogen-bond donors (Lipinski definition) is 0. The number of aryl methyl sites for hydroxylation is 1. The molecule has 28 heavy (non-hydrogen) atoms. The van der Waals surface area contributed by atoms with Crippen LogP contribution >= 0.6 is 0 Å². The van der Waals surface area contributed by atoms with Gasteiger partial charge in [-0.2, -0.15) is 5.10 Å². The van der Waals surface area contributed by atoms with Crippen molar-refractivity contribution in [3.63, 3.8) is 0 Å². The Bertz CT molecular complexity index is 892. The van der Waals surface area contributed by atoms with Gasteiger partial charge in [0.15, 0.2) is 0 Å². The number of amides is 1. The van der Waals surface area contributed by atoms with E-state index >= 15 is 0 Å². The lowest BCUT2D eigenvalue weighted by Crippen LogP contribution is -2.56. The van der Waals surface area contributed by atoms with Crippen LogP contribution < -0.4 is 4.90 Å². The molecule has 2 aliphatic rings. The van der Waals surface area contributed by atoms with Crippen molar-refractivity contribution in [3.05, 3.63) is 60.2 Å². The molecule has 0 unspecified atom stereocenters. The third-order valence-corrected chi connectivity index (χ3v) is 5.98. The summed E-state index contributed by atoms with van der Waals surface area (Å²) in [5.41, 5.74) is 1.49. The molecule has 0 aliphatic carbocycles. The first-order chi connectivity index (χ1) is 13.5. The van der Waals surface area contributed by atoms with E-state index in [0.29, 0.717) is 11.7 Å². The fourth-order valence-electron chi connectivity index (χ4n) is 4.60. The molecular weight excluding hydrogens is 355 g/mol. The molecule has 0 saturated carbocycles. The summed E-state index contributed by atoms with van der Waals surface area (Å²) in [7, 11) is 0. The van der Waals surface area contributed by atoms with Crippen LogP contribution in [0.2, 0.25) is 0 Å². The quantitative estimate of drug-likeness (QED) is 0.791. The first-order valence-corrected chi connectivity index (χ1v) is 10.1. The zero-order valence-electron chi connectivity index (χ0n) is 16.5. The molecule has 3 heterocycles. The van der Waals surface area contributed by atoms with Crippen LogP contribution in [0.4, 0.5) is 10.1 Å². The van der Waals surface area contributed by atoms with Crippen LogP contribution in [-0.4, -0.2) is 38.7 Å². The lowest BCUT2D eigenvalue weighted by molar-refractivity contribution is -0.114. The second-order valence-corrected chi connectivity index (χ2v) is 7.91. The minimum Gasteiger partial charge on any atom is -0.299 e. The summed E-state index contributed by atoms with van der Waals surface area (Å²) in [5.74, 6) is -0.380. The van der Waals surface area contributed by atoms with Crippen molar-refractivity contribution in [3.8, 4) is 0 Å². The van der Waals surface area contributed by atoms with E-state index < -0.39 is 0 Å². The molecule has 2 aromatic rings. The highest BCUT2D eigenvalue weighted by Crippen LogP contribution is 2.40. The van der Waals surface area contributed by atoms with Crippen LogP contribution in [0.15, 0.2) is 48.7 Å². The van der Waals surface area contributed by atoms with E-state index in [0.717, 1.165) is 38.9 Å². The van der Waals surface area contributed by atoms with E-state index in [9.17, 15) is 9.18 Å². The molecule has 6 heteroatoms. The molecule has 5 nitrogen and oxygen atoms in total. The molecule has 1 aromatic carbocycles. The van der Waals surface area contributed by atoms with Gasteiger partial charge in [0.05, 0.1) is 11.2 Å². The number of rotatable bonds is 5. The van der Waals surface area contributed by atoms with Crippen LogP contribution in [0, 0.1) is 5.82 Å². The van der Waals surface area contributed by atoms with Gasteiger partial charge in [0.1, 0.15) is 5.82 Å². The molecule has 2 aliphatic heterocycles. The monoisotopic (exact) mass is 382 g/mol. The van der Waals surface area contributed by atoms with Crippen LogP contribution in [0.25, 0.3) is 0 Å². The zero-order chi connectivity index (χ0) is 19.7. The highest BCUT2D eigenvalue weighted by molar-refractivity contribution is 6.06. The molecule has 0 radical (unpaired) electrons. The average Bonchev–Trinajstić information content (AvgIpc) is 3.22. The number of piperidine rings is 1. The first kappa shape index (κ1) is 18.9. The summed E-state index contributed by atoms with van der Waals surface area (Å²) in [6, 6.07) is 8.73. The van der Waals surface area contributed by atoms with Crippen molar-refractivity contribution in [2.75, 3.05) is 11.4 Å². The van der Waals surface area contributed by atoms with Gasteiger partial charge in [-0.25, -0.2) is 4.39 Å². The summed E-state index contributed by atoms with van der Waals surface area (Å²) in [6.45, 7) is 7.03. The molecular formula is C22H27FN4O. The van der Waals surface area contributed by atoms with Gasteiger partial charge in [0.2, 0.25) is 0 Å². The molecule has 4 rings (SSSR count). The topological polar surface area (TPSA) is 41.4 Å². The Morgan fingerprint density at radius 3 is 2.93 bits per heavy atom. The summed E-state index contributed by atoms with van der Waals surface area (Å²) >= 11 is 0. The van der Waals surface area contributed by atoms with E-state index in [1.165, 1.54) is 17.8 Å². The van der Waals surface area contributed by atoms with Crippen LogP contribution in [0.1, 0.15) is 38.8 Å². The van der Waals surface area contributed by atoms with Crippen molar-refractivity contribution < 1.29 is 9.18 Å². The molecule has 148 valence electrons. The van der Waals surface area contributed by atoms with E-state index in [1.54, 1.807) is 17.0 Å². The van der Waals surface area contributed by atoms with E-state index in [1.807, 2.05) is 18.3 Å². The minimum atomic E-state index is -0.371. The van der Waals surface area contributed by atoms with Gasteiger partial charge in [-0.05, 0) is 50.5 Å². The van der Waals surface area contributed by atoms with Crippen molar-refractivity contribution in [1.82, 2.24) is 14.7 Å². The molecule has 0 N–H and O–H groups in total. The number of hydrogen-bond acceptors (Lipinski definition) is 3. The van der Waals surface area contributed by atoms with Crippen LogP contribution in [0.3, 0.4) is 0 Å². The van der Waals surface area contributed by atoms with Gasteiger partial charge >= 0.3 is 0 Å². The zero-order valence-corrected chi connectivity index (χ0v) is 16.5. The standard InChI is InChI=1S/C22H27FN4O/c1-3-12-26-20(8-11-24-26)16-25-13-10-22(15-17(25)2)9-7-21(28)27(22)19-6-4-5-18(23)14-19/h4-9,11,14,17H,3,10,12-13,15-16H2,1-2H3/t17-,22+/m1/s1. The van der Waals surface area contributed by atoms with Crippen molar-refractivity contribution >= 4 is 11.6 Å². The molecule has 1 fully saturated rings. The fourth-order valence-corrected chi connectivity index (χ4v) is 4.60. The third-order valence-electron chi connectivity index (χ3n) is 5.98. The number of halogens is 1. The second kappa shape index (κ2) is 7.51. The predicted octanol–water partition coefficient (Wildman–Crippen LogP) is 3.76. The van der Waals surface area contributed by atoms with Gasteiger partial charge < -0.3 is 0 Å². The van der Waals surface area contributed by atoms with Gasteiger partial charge in [0, 0.05) is 43.6 Å². The number of anilines is 1. The van der Waals surface area contributed by atoms with Crippen LogP contribution in [0.5, 0.6) is 0 Å². The molecule has 1 amide bonds.